The zero-order valence-corrected chi connectivity index (χ0v) is 9.26. The van der Waals surface area contributed by atoms with Crippen LogP contribution in [0.1, 0.15) is 12.8 Å². The van der Waals surface area contributed by atoms with Gasteiger partial charge in [-0.2, -0.15) is 0 Å². The highest BCUT2D eigenvalue weighted by molar-refractivity contribution is 7.90. The second kappa shape index (κ2) is 3.18. The van der Waals surface area contributed by atoms with Crippen LogP contribution in [0, 0.1) is 5.92 Å². The topological polar surface area (TPSA) is 57.6 Å². The van der Waals surface area contributed by atoms with Crippen LogP contribution in [0.15, 0.2) is 0 Å². The van der Waals surface area contributed by atoms with Crippen LogP contribution in [0.3, 0.4) is 0 Å². The van der Waals surface area contributed by atoms with Crippen molar-refractivity contribution in [1.82, 2.24) is 4.90 Å². The van der Waals surface area contributed by atoms with E-state index in [2.05, 4.69) is 0 Å². The maximum Gasteiger partial charge on any atom is 0.148 e. The van der Waals surface area contributed by atoms with Crippen LogP contribution in [0.5, 0.6) is 0 Å². The lowest BCUT2D eigenvalue weighted by Crippen LogP contribution is -2.63. The van der Waals surface area contributed by atoms with E-state index in [4.69, 9.17) is 0 Å². The van der Waals surface area contributed by atoms with Crippen molar-refractivity contribution in [2.24, 2.45) is 5.92 Å². The van der Waals surface area contributed by atoms with E-state index in [9.17, 15) is 13.5 Å². The molecule has 1 saturated carbocycles. The fourth-order valence-corrected chi connectivity index (χ4v) is 2.65. The van der Waals surface area contributed by atoms with Crippen molar-refractivity contribution in [3.63, 3.8) is 0 Å². The van der Waals surface area contributed by atoms with Crippen LogP contribution in [-0.2, 0) is 9.84 Å². The summed E-state index contributed by atoms with van der Waals surface area (Å²) in [5.41, 5.74) is -0.489. The van der Waals surface area contributed by atoms with Gasteiger partial charge in [-0.3, -0.25) is 4.90 Å². The minimum Gasteiger partial charge on any atom is -0.387 e. The normalized spacial score (nSPS) is 27.3. The van der Waals surface area contributed by atoms with Crippen LogP contribution in [0.25, 0.3) is 0 Å². The van der Waals surface area contributed by atoms with Crippen LogP contribution in [-0.4, -0.2) is 55.7 Å². The summed E-state index contributed by atoms with van der Waals surface area (Å²) in [5.74, 6) is 0.685. The molecule has 2 aliphatic rings. The van der Waals surface area contributed by atoms with E-state index in [1.807, 2.05) is 4.90 Å². The molecule has 0 atom stereocenters. The van der Waals surface area contributed by atoms with E-state index < -0.39 is 15.4 Å². The Balaban J connectivity index is 1.72. The van der Waals surface area contributed by atoms with Gasteiger partial charge in [0.1, 0.15) is 9.84 Å². The highest BCUT2D eigenvalue weighted by Gasteiger charge is 2.51. The maximum absolute atomic E-state index is 10.9. The summed E-state index contributed by atoms with van der Waals surface area (Å²) in [6.07, 6.45) is 3.52. The number of hydrogen-bond acceptors (Lipinski definition) is 4. The van der Waals surface area contributed by atoms with Crippen molar-refractivity contribution in [3.05, 3.63) is 0 Å². The third kappa shape index (κ3) is 2.27. The number of β-amino-alcohol motifs (C(OH)–C–C–N with tert-alkyl or cyclic N) is 1. The van der Waals surface area contributed by atoms with Crippen LogP contribution >= 0.6 is 0 Å². The Kier molecular flexibility index (Phi) is 2.36. The molecule has 1 aliphatic carbocycles. The second-order valence-electron chi connectivity index (χ2n) is 4.72. The van der Waals surface area contributed by atoms with Gasteiger partial charge in [0.05, 0.1) is 11.4 Å². The Labute approximate surface area is 84.8 Å². The van der Waals surface area contributed by atoms with Crippen molar-refractivity contribution in [2.75, 3.05) is 31.6 Å². The van der Waals surface area contributed by atoms with E-state index in [0.717, 1.165) is 12.8 Å². The molecule has 0 amide bonds. The average Bonchev–Trinajstić information content (AvgIpc) is 2.75. The number of hydrogen-bond donors (Lipinski definition) is 1. The Morgan fingerprint density at radius 2 is 2.00 bits per heavy atom. The minimum absolute atomic E-state index is 0.202. The summed E-state index contributed by atoms with van der Waals surface area (Å²) in [6.45, 7) is 1.88. The van der Waals surface area contributed by atoms with Gasteiger partial charge < -0.3 is 5.11 Å². The predicted molar refractivity (Wildman–Crippen MR) is 53.8 cm³/mol. The molecule has 0 radical (unpaired) electrons. The summed E-state index contributed by atoms with van der Waals surface area (Å²) in [7, 11) is -2.86. The van der Waals surface area contributed by atoms with Gasteiger partial charge in [0.2, 0.25) is 0 Å². The predicted octanol–water partition coefficient (Wildman–Crippen LogP) is -0.512. The largest absolute Gasteiger partial charge is 0.387 e. The van der Waals surface area contributed by atoms with E-state index in [0.29, 0.717) is 25.6 Å². The van der Waals surface area contributed by atoms with Gasteiger partial charge in [-0.05, 0) is 18.8 Å². The Morgan fingerprint density at radius 1 is 1.43 bits per heavy atom. The van der Waals surface area contributed by atoms with Gasteiger partial charge in [0.25, 0.3) is 0 Å². The lowest BCUT2D eigenvalue weighted by atomic mass is 9.89. The molecule has 1 saturated heterocycles. The fraction of sp³-hybridized carbons (Fsp3) is 1.00. The lowest BCUT2D eigenvalue weighted by molar-refractivity contribution is -0.110. The van der Waals surface area contributed by atoms with E-state index in [1.54, 1.807) is 0 Å². The van der Waals surface area contributed by atoms with Crippen molar-refractivity contribution < 1.29 is 13.5 Å². The number of aliphatic hydroxyl groups is 1. The van der Waals surface area contributed by atoms with Gasteiger partial charge in [0.15, 0.2) is 0 Å². The molecule has 0 aromatic rings. The molecule has 5 heteroatoms. The number of rotatable bonds is 4. The highest BCUT2D eigenvalue weighted by Crippen LogP contribution is 2.44. The molecule has 0 bridgehead atoms. The quantitative estimate of drug-likeness (QED) is 0.692. The number of nitrogens with zero attached hydrogens (tertiary/aromatic N) is 1. The molecule has 1 heterocycles. The first kappa shape index (κ1) is 10.4. The van der Waals surface area contributed by atoms with Gasteiger partial charge in [0, 0.05) is 25.9 Å². The van der Waals surface area contributed by atoms with Crippen molar-refractivity contribution in [3.8, 4) is 0 Å². The van der Waals surface area contributed by atoms with E-state index in [-0.39, 0.29) is 5.75 Å². The first-order valence-electron chi connectivity index (χ1n) is 5.01. The Bertz CT molecular complexity index is 315. The number of sulfone groups is 1. The third-order valence-electron chi connectivity index (χ3n) is 3.11. The SMILES string of the molecule is CS(=O)(=O)CCN1CC(O)(C2CC2)C1. The van der Waals surface area contributed by atoms with Crippen molar-refractivity contribution in [2.45, 2.75) is 18.4 Å². The van der Waals surface area contributed by atoms with Gasteiger partial charge in [-0.25, -0.2) is 8.42 Å². The Hall–Kier alpha value is -0.130. The van der Waals surface area contributed by atoms with Crippen molar-refractivity contribution >= 4 is 9.84 Å². The molecule has 0 aromatic heterocycles. The Morgan fingerprint density at radius 3 is 2.43 bits per heavy atom. The molecule has 14 heavy (non-hydrogen) atoms. The lowest BCUT2D eigenvalue weighted by Gasteiger charge is -2.47. The van der Waals surface area contributed by atoms with E-state index >= 15 is 0 Å². The molecular formula is C9H17NO3S. The maximum atomic E-state index is 10.9. The first-order valence-corrected chi connectivity index (χ1v) is 7.08. The van der Waals surface area contributed by atoms with Crippen molar-refractivity contribution in [1.29, 1.82) is 0 Å². The van der Waals surface area contributed by atoms with Gasteiger partial charge >= 0.3 is 0 Å². The van der Waals surface area contributed by atoms with Gasteiger partial charge in [-0.1, -0.05) is 0 Å². The second-order valence-corrected chi connectivity index (χ2v) is 6.98. The molecule has 4 nitrogen and oxygen atoms in total. The van der Waals surface area contributed by atoms with Crippen LogP contribution < -0.4 is 0 Å². The summed E-state index contributed by atoms with van der Waals surface area (Å²) < 4.78 is 21.8. The zero-order valence-electron chi connectivity index (χ0n) is 8.44. The molecule has 2 rings (SSSR count). The molecule has 1 aliphatic heterocycles. The monoisotopic (exact) mass is 219 g/mol. The van der Waals surface area contributed by atoms with E-state index in [1.165, 1.54) is 6.26 Å². The summed E-state index contributed by atoms with van der Waals surface area (Å²) >= 11 is 0. The molecule has 0 aromatic carbocycles. The molecule has 82 valence electrons. The third-order valence-corrected chi connectivity index (χ3v) is 4.03. The molecular weight excluding hydrogens is 202 g/mol. The minimum atomic E-state index is -2.86. The first-order chi connectivity index (χ1) is 6.39. The highest BCUT2D eigenvalue weighted by atomic mass is 32.2. The molecule has 0 spiro atoms. The summed E-state index contributed by atoms with van der Waals surface area (Å²) in [6, 6.07) is 0. The molecule has 1 N–H and O–H groups in total. The molecule has 0 unspecified atom stereocenters. The van der Waals surface area contributed by atoms with Crippen LogP contribution in [0.4, 0.5) is 0 Å². The summed E-state index contributed by atoms with van der Waals surface area (Å²) in [5, 5.41) is 9.96. The van der Waals surface area contributed by atoms with Crippen LogP contribution in [0.2, 0.25) is 0 Å². The van der Waals surface area contributed by atoms with Gasteiger partial charge in [-0.15, -0.1) is 0 Å². The average molecular weight is 219 g/mol. The molecule has 2 fully saturated rings. The zero-order chi connectivity index (χ0) is 10.4. The number of likely N-dealkylation sites (tertiary alicyclic amines) is 1. The summed E-state index contributed by atoms with van der Waals surface area (Å²) in [4.78, 5) is 2.01. The fourth-order valence-electron chi connectivity index (χ4n) is 2.06. The smallest absolute Gasteiger partial charge is 0.148 e. The standard InChI is InChI=1S/C9H17NO3S/c1-14(12,13)5-4-10-6-9(11,7-10)8-2-3-8/h8,11H,2-7H2,1H3.